The van der Waals surface area contributed by atoms with Gasteiger partial charge in [-0.05, 0) is 17.7 Å². The van der Waals surface area contributed by atoms with E-state index in [4.69, 9.17) is 0 Å². The molecule has 0 heterocycles. The van der Waals surface area contributed by atoms with Gasteiger partial charge in [0.05, 0.1) is 0 Å². The summed E-state index contributed by atoms with van der Waals surface area (Å²) in [6.07, 6.45) is 2.79. The summed E-state index contributed by atoms with van der Waals surface area (Å²) in [6.45, 7) is 9.25. The van der Waals surface area contributed by atoms with Gasteiger partial charge in [-0.1, -0.05) is 34.1 Å². The molecule has 0 aliphatic heterocycles. The molecule has 0 aromatic carbocycles. The highest BCUT2D eigenvalue weighted by molar-refractivity contribution is 7.38. The van der Waals surface area contributed by atoms with Crippen molar-refractivity contribution in [2.75, 3.05) is 6.16 Å². The van der Waals surface area contributed by atoms with Crippen molar-refractivity contribution < 1.29 is 0 Å². The molecule has 0 radical (unpaired) electrons. The summed E-state index contributed by atoms with van der Waals surface area (Å²) in [5.41, 5.74) is 0.949. The Morgan fingerprint density at radius 3 is 2.11 bits per heavy atom. The summed E-state index contributed by atoms with van der Waals surface area (Å²) >= 11 is 0. The van der Waals surface area contributed by atoms with Crippen molar-refractivity contribution in [3.63, 3.8) is 0 Å². The quantitative estimate of drug-likeness (QED) is 0.534. The second-order valence-electron chi connectivity index (χ2n) is 2.99. The van der Waals surface area contributed by atoms with Crippen molar-refractivity contribution in [2.24, 2.45) is 5.92 Å². The fourth-order valence-electron chi connectivity index (χ4n) is 0.608. The maximum Gasteiger partial charge on any atom is -0.0242 e. The molecule has 9 heavy (non-hydrogen) atoms. The fourth-order valence-corrected chi connectivity index (χ4v) is 1.82. The normalized spacial score (nSPS) is 15.7. The molecular weight excluding hydrogens is 127 g/mol. The smallest absolute Gasteiger partial charge is 0.0242 e. The molecule has 0 rings (SSSR count). The lowest BCUT2D eigenvalue weighted by Crippen LogP contribution is -2.03. The Morgan fingerprint density at radius 2 is 1.78 bits per heavy atom. The Hall–Kier alpha value is 0.430. The summed E-state index contributed by atoms with van der Waals surface area (Å²) < 4.78 is 0. The fraction of sp³-hybridized carbons (Fsp3) is 1.00. The van der Waals surface area contributed by atoms with E-state index < -0.39 is 0 Å². The summed E-state index contributed by atoms with van der Waals surface area (Å²) in [4.78, 5) is 0. The Kier molecular flexibility index (Phi) is 5.48. The number of hydrogen-bond donors (Lipinski definition) is 0. The number of hydrogen-bond acceptors (Lipinski definition) is 0. The molecule has 2 atom stereocenters. The Balaban J connectivity index is 3.16. The van der Waals surface area contributed by atoms with Crippen LogP contribution in [0.3, 0.4) is 0 Å². The molecule has 0 aromatic heterocycles. The topological polar surface area (TPSA) is 0 Å². The zero-order valence-corrected chi connectivity index (χ0v) is 8.07. The van der Waals surface area contributed by atoms with E-state index in [1.54, 1.807) is 0 Å². The first-order valence-electron chi connectivity index (χ1n) is 3.91. The second-order valence-corrected chi connectivity index (χ2v) is 4.81. The van der Waals surface area contributed by atoms with Crippen molar-refractivity contribution in [3.8, 4) is 0 Å². The predicted molar refractivity (Wildman–Crippen MR) is 47.8 cm³/mol. The zero-order valence-electron chi connectivity index (χ0n) is 7.07. The Morgan fingerprint density at radius 1 is 1.22 bits per heavy atom. The van der Waals surface area contributed by atoms with Crippen LogP contribution in [-0.4, -0.2) is 11.8 Å². The monoisotopic (exact) mass is 146 g/mol. The summed E-state index contributed by atoms with van der Waals surface area (Å²) in [5, 5.41) is 0. The van der Waals surface area contributed by atoms with Crippen molar-refractivity contribution >= 4 is 8.58 Å². The molecule has 56 valence electrons. The van der Waals surface area contributed by atoms with Crippen LogP contribution in [-0.2, 0) is 0 Å². The van der Waals surface area contributed by atoms with Crippen LogP contribution in [0.25, 0.3) is 0 Å². The minimum absolute atomic E-state index is 0.884. The standard InChI is InChI=1S/C8H19P/c1-5-6-9-8(4)7(2)3/h7-9H,5-6H2,1-4H3. The van der Waals surface area contributed by atoms with Gasteiger partial charge >= 0.3 is 0 Å². The zero-order chi connectivity index (χ0) is 7.28. The maximum atomic E-state index is 2.36. The lowest BCUT2D eigenvalue weighted by Gasteiger charge is -2.14. The lowest BCUT2D eigenvalue weighted by molar-refractivity contribution is 0.637. The minimum atomic E-state index is 0.884. The van der Waals surface area contributed by atoms with E-state index in [0.29, 0.717) is 0 Å². The van der Waals surface area contributed by atoms with Crippen molar-refractivity contribution in [1.82, 2.24) is 0 Å². The molecule has 0 saturated heterocycles. The first kappa shape index (κ1) is 9.43. The second kappa shape index (κ2) is 5.23. The number of rotatable bonds is 4. The molecule has 0 bridgehead atoms. The average Bonchev–Trinajstić information content (AvgIpc) is 1.82. The molecule has 0 aliphatic carbocycles. The first-order valence-corrected chi connectivity index (χ1v) is 5.20. The van der Waals surface area contributed by atoms with Crippen LogP contribution in [0, 0.1) is 5.92 Å². The van der Waals surface area contributed by atoms with Crippen molar-refractivity contribution in [2.45, 2.75) is 39.8 Å². The minimum Gasteiger partial charge on any atom is -0.119 e. The van der Waals surface area contributed by atoms with E-state index in [1.165, 1.54) is 21.2 Å². The molecule has 0 saturated carbocycles. The van der Waals surface area contributed by atoms with Gasteiger partial charge in [-0.3, -0.25) is 0 Å². The van der Waals surface area contributed by atoms with Crippen LogP contribution in [0.1, 0.15) is 34.1 Å². The third-order valence-corrected chi connectivity index (χ3v) is 3.82. The van der Waals surface area contributed by atoms with E-state index in [-0.39, 0.29) is 0 Å². The molecule has 0 aliphatic rings. The summed E-state index contributed by atoms with van der Waals surface area (Å²) in [7, 11) is 1.19. The van der Waals surface area contributed by atoms with Gasteiger partial charge < -0.3 is 0 Å². The SMILES string of the molecule is CCCPC(C)C(C)C. The van der Waals surface area contributed by atoms with E-state index in [9.17, 15) is 0 Å². The molecule has 0 spiro atoms. The third-order valence-electron chi connectivity index (χ3n) is 1.72. The van der Waals surface area contributed by atoms with E-state index in [1.807, 2.05) is 0 Å². The average molecular weight is 146 g/mol. The Bertz CT molecular complexity index is 59.6. The molecular formula is C8H19P. The van der Waals surface area contributed by atoms with Crippen LogP contribution >= 0.6 is 8.58 Å². The van der Waals surface area contributed by atoms with Crippen LogP contribution in [0.5, 0.6) is 0 Å². The molecule has 0 amide bonds. The van der Waals surface area contributed by atoms with Gasteiger partial charge in [0.15, 0.2) is 0 Å². The molecule has 0 aromatic rings. The molecule has 0 nitrogen and oxygen atoms in total. The molecule has 0 N–H and O–H groups in total. The largest absolute Gasteiger partial charge is 0.119 e. The maximum absolute atomic E-state index is 2.36. The molecule has 1 heteroatoms. The highest BCUT2D eigenvalue weighted by Crippen LogP contribution is 2.25. The van der Waals surface area contributed by atoms with Crippen LogP contribution in [0.4, 0.5) is 0 Å². The van der Waals surface area contributed by atoms with Crippen molar-refractivity contribution in [3.05, 3.63) is 0 Å². The van der Waals surface area contributed by atoms with Gasteiger partial charge in [-0.15, -0.1) is 8.58 Å². The van der Waals surface area contributed by atoms with Gasteiger partial charge in [0.25, 0.3) is 0 Å². The molecule has 2 unspecified atom stereocenters. The van der Waals surface area contributed by atoms with Gasteiger partial charge in [-0.25, -0.2) is 0 Å². The van der Waals surface area contributed by atoms with Gasteiger partial charge in [0.1, 0.15) is 0 Å². The van der Waals surface area contributed by atoms with E-state index in [0.717, 1.165) is 11.6 Å². The predicted octanol–water partition coefficient (Wildman–Crippen LogP) is 3.12. The molecule has 0 fully saturated rings. The van der Waals surface area contributed by atoms with Crippen LogP contribution in [0.15, 0.2) is 0 Å². The first-order chi connectivity index (χ1) is 4.18. The van der Waals surface area contributed by atoms with Gasteiger partial charge in [-0.2, -0.15) is 0 Å². The summed E-state index contributed by atoms with van der Waals surface area (Å²) in [5.74, 6) is 0.884. The third kappa shape index (κ3) is 4.90. The van der Waals surface area contributed by atoms with E-state index in [2.05, 4.69) is 27.7 Å². The van der Waals surface area contributed by atoms with Crippen LogP contribution < -0.4 is 0 Å². The highest BCUT2D eigenvalue weighted by Gasteiger charge is 2.04. The van der Waals surface area contributed by atoms with E-state index >= 15 is 0 Å². The van der Waals surface area contributed by atoms with Crippen LogP contribution in [0.2, 0.25) is 0 Å². The lowest BCUT2D eigenvalue weighted by atomic mass is 10.2. The van der Waals surface area contributed by atoms with Gasteiger partial charge in [0.2, 0.25) is 0 Å². The summed E-state index contributed by atoms with van der Waals surface area (Å²) in [6, 6.07) is 0. The Labute approximate surface area is 61.2 Å². The van der Waals surface area contributed by atoms with Crippen molar-refractivity contribution in [1.29, 1.82) is 0 Å². The highest BCUT2D eigenvalue weighted by atomic mass is 31.1. The van der Waals surface area contributed by atoms with Gasteiger partial charge in [0, 0.05) is 0 Å².